The van der Waals surface area contributed by atoms with Gasteiger partial charge < -0.3 is 15.2 Å². The second kappa shape index (κ2) is 7.68. The zero-order valence-electron chi connectivity index (χ0n) is 14.4. The topological polar surface area (TPSA) is 70.6 Å². The zero-order valence-corrected chi connectivity index (χ0v) is 14.4. The van der Waals surface area contributed by atoms with Crippen molar-refractivity contribution in [2.75, 3.05) is 25.6 Å². The van der Waals surface area contributed by atoms with Crippen LogP contribution in [0.15, 0.2) is 48.5 Å². The van der Waals surface area contributed by atoms with Crippen LogP contribution in [-0.4, -0.2) is 31.3 Å². The molecule has 3 rings (SSSR count). The fraction of sp³-hybridized carbons (Fsp3) is 0.350. The summed E-state index contributed by atoms with van der Waals surface area (Å²) in [6.07, 6.45) is 2.81. The highest BCUT2D eigenvalue weighted by molar-refractivity contribution is 5.92. The molecule has 0 spiro atoms. The Hall–Kier alpha value is -2.37. The second-order valence-electron chi connectivity index (χ2n) is 6.38. The van der Waals surface area contributed by atoms with E-state index >= 15 is 0 Å². The van der Waals surface area contributed by atoms with Crippen molar-refractivity contribution in [3.05, 3.63) is 59.7 Å². The van der Waals surface area contributed by atoms with Crippen LogP contribution in [0.5, 0.6) is 5.75 Å². The van der Waals surface area contributed by atoms with E-state index in [4.69, 9.17) is 4.74 Å². The van der Waals surface area contributed by atoms with Gasteiger partial charge in [0, 0.05) is 11.8 Å². The largest absolute Gasteiger partial charge is 0.497 e. The molecule has 0 bridgehead atoms. The van der Waals surface area contributed by atoms with E-state index in [-0.39, 0.29) is 19.1 Å². The maximum Gasteiger partial charge on any atom is 0.238 e. The van der Waals surface area contributed by atoms with E-state index in [0.717, 1.165) is 24.8 Å². The van der Waals surface area contributed by atoms with Crippen LogP contribution < -0.4 is 15.4 Å². The number of benzene rings is 2. The van der Waals surface area contributed by atoms with Gasteiger partial charge in [0.15, 0.2) is 0 Å². The minimum Gasteiger partial charge on any atom is -0.497 e. The second-order valence-corrected chi connectivity index (χ2v) is 6.38. The number of methoxy groups -OCH3 is 1. The van der Waals surface area contributed by atoms with Gasteiger partial charge in [-0.3, -0.25) is 10.1 Å². The van der Waals surface area contributed by atoms with E-state index in [2.05, 4.69) is 16.7 Å². The first-order valence-electron chi connectivity index (χ1n) is 8.55. The number of anilines is 1. The molecule has 1 aliphatic carbocycles. The van der Waals surface area contributed by atoms with E-state index in [9.17, 15) is 9.90 Å². The molecule has 1 unspecified atom stereocenters. The lowest BCUT2D eigenvalue weighted by atomic mass is 9.77. The molecule has 1 aliphatic rings. The molecular formula is C20H24N2O3. The van der Waals surface area contributed by atoms with Gasteiger partial charge in [-0.25, -0.2) is 0 Å². The lowest BCUT2D eigenvalue weighted by molar-refractivity contribution is -0.115. The number of amides is 1. The molecule has 5 heteroatoms. The molecule has 5 nitrogen and oxygen atoms in total. The molecule has 0 aliphatic heterocycles. The highest BCUT2D eigenvalue weighted by Crippen LogP contribution is 2.34. The number of aryl methyl sites for hydroxylation is 1. The summed E-state index contributed by atoms with van der Waals surface area (Å²) in [7, 11) is 1.59. The van der Waals surface area contributed by atoms with Gasteiger partial charge >= 0.3 is 0 Å². The quantitative estimate of drug-likeness (QED) is 0.755. The molecule has 0 saturated carbocycles. The normalized spacial score (nSPS) is 19.1. The van der Waals surface area contributed by atoms with Crippen molar-refractivity contribution in [1.29, 1.82) is 0 Å². The molecule has 0 heterocycles. The highest BCUT2D eigenvalue weighted by atomic mass is 16.5. The van der Waals surface area contributed by atoms with Crippen molar-refractivity contribution in [1.82, 2.24) is 5.32 Å². The van der Waals surface area contributed by atoms with E-state index in [1.54, 1.807) is 13.2 Å². The number of aliphatic hydroxyl groups is 1. The Morgan fingerprint density at radius 2 is 2.08 bits per heavy atom. The number of aliphatic hydroxyl groups excluding tert-OH is 1. The zero-order chi connectivity index (χ0) is 17.7. The van der Waals surface area contributed by atoms with Crippen molar-refractivity contribution in [3.8, 4) is 5.75 Å². The van der Waals surface area contributed by atoms with Gasteiger partial charge in [0.25, 0.3) is 0 Å². The van der Waals surface area contributed by atoms with Crippen LogP contribution in [-0.2, 0) is 16.8 Å². The first-order valence-corrected chi connectivity index (χ1v) is 8.55. The van der Waals surface area contributed by atoms with Crippen LogP contribution in [0.1, 0.15) is 24.0 Å². The van der Waals surface area contributed by atoms with E-state index in [1.807, 2.05) is 36.4 Å². The van der Waals surface area contributed by atoms with Gasteiger partial charge in [0.2, 0.25) is 5.91 Å². The summed E-state index contributed by atoms with van der Waals surface area (Å²) < 4.78 is 5.16. The van der Waals surface area contributed by atoms with Crippen molar-refractivity contribution in [3.63, 3.8) is 0 Å². The lowest BCUT2D eigenvalue weighted by Crippen LogP contribution is -2.50. The molecular weight excluding hydrogens is 316 g/mol. The van der Waals surface area contributed by atoms with Gasteiger partial charge in [-0.2, -0.15) is 0 Å². The molecule has 0 aromatic heterocycles. The monoisotopic (exact) mass is 340 g/mol. The molecule has 2 aromatic rings. The van der Waals surface area contributed by atoms with E-state index < -0.39 is 5.54 Å². The van der Waals surface area contributed by atoms with Gasteiger partial charge in [0.05, 0.1) is 25.8 Å². The van der Waals surface area contributed by atoms with Gasteiger partial charge in [-0.15, -0.1) is 0 Å². The van der Waals surface area contributed by atoms with Gasteiger partial charge in [0.1, 0.15) is 5.75 Å². The summed E-state index contributed by atoms with van der Waals surface area (Å²) in [6, 6.07) is 15.4. The number of fused-ring (bicyclic) bond motifs is 1. The third-order valence-corrected chi connectivity index (χ3v) is 4.79. The van der Waals surface area contributed by atoms with E-state index in [1.165, 1.54) is 5.56 Å². The van der Waals surface area contributed by atoms with E-state index in [0.29, 0.717) is 11.4 Å². The molecule has 2 aromatic carbocycles. The number of carbonyl (C=O) groups excluding carboxylic acids is 1. The number of nitrogens with one attached hydrogen (secondary N) is 2. The van der Waals surface area contributed by atoms with Crippen LogP contribution in [0, 0.1) is 0 Å². The summed E-state index contributed by atoms with van der Waals surface area (Å²) in [5, 5.41) is 16.2. The highest BCUT2D eigenvalue weighted by Gasteiger charge is 2.35. The summed E-state index contributed by atoms with van der Waals surface area (Å²) in [5.41, 5.74) is 2.47. The Kier molecular flexibility index (Phi) is 5.36. The number of hydrogen-bond acceptors (Lipinski definition) is 4. The summed E-state index contributed by atoms with van der Waals surface area (Å²) in [6.45, 7) is 0.0998. The Morgan fingerprint density at radius 3 is 2.88 bits per heavy atom. The van der Waals surface area contributed by atoms with Crippen LogP contribution in [0.25, 0.3) is 0 Å². The van der Waals surface area contributed by atoms with Crippen molar-refractivity contribution < 1.29 is 14.6 Å². The minimum absolute atomic E-state index is 0.0313. The maximum absolute atomic E-state index is 12.3. The SMILES string of the molecule is COc1cccc(NC(=O)CNC2(CO)CCCc3ccccc32)c1. The predicted molar refractivity (Wildman–Crippen MR) is 97.8 cm³/mol. The molecule has 132 valence electrons. The maximum atomic E-state index is 12.3. The Labute approximate surface area is 148 Å². The smallest absolute Gasteiger partial charge is 0.238 e. The fourth-order valence-corrected chi connectivity index (χ4v) is 3.48. The fourth-order valence-electron chi connectivity index (χ4n) is 3.48. The van der Waals surface area contributed by atoms with Gasteiger partial charge in [-0.1, -0.05) is 30.3 Å². The summed E-state index contributed by atoms with van der Waals surface area (Å²) in [5.74, 6) is 0.544. The Bertz CT molecular complexity index is 747. The van der Waals surface area contributed by atoms with Crippen LogP contribution in [0.4, 0.5) is 5.69 Å². The van der Waals surface area contributed by atoms with Crippen molar-refractivity contribution in [2.45, 2.75) is 24.8 Å². The number of ether oxygens (including phenoxy) is 1. The van der Waals surface area contributed by atoms with Crippen molar-refractivity contribution in [2.24, 2.45) is 0 Å². The number of hydrogen-bond donors (Lipinski definition) is 3. The lowest BCUT2D eigenvalue weighted by Gasteiger charge is -2.38. The van der Waals surface area contributed by atoms with Crippen molar-refractivity contribution >= 4 is 11.6 Å². The Balaban J connectivity index is 1.68. The minimum atomic E-state index is -0.555. The van der Waals surface area contributed by atoms with Crippen LogP contribution in [0.3, 0.4) is 0 Å². The third kappa shape index (κ3) is 3.83. The first-order chi connectivity index (χ1) is 12.2. The average Bonchev–Trinajstić information content (AvgIpc) is 2.66. The number of carbonyl (C=O) groups is 1. The average molecular weight is 340 g/mol. The molecule has 0 fully saturated rings. The summed E-state index contributed by atoms with van der Waals surface area (Å²) in [4.78, 5) is 12.3. The molecule has 25 heavy (non-hydrogen) atoms. The third-order valence-electron chi connectivity index (χ3n) is 4.79. The molecule has 3 N–H and O–H groups in total. The predicted octanol–water partition coefficient (Wildman–Crippen LogP) is 2.45. The molecule has 1 amide bonds. The summed E-state index contributed by atoms with van der Waals surface area (Å²) >= 11 is 0. The molecule has 0 radical (unpaired) electrons. The van der Waals surface area contributed by atoms with Crippen LogP contribution in [0.2, 0.25) is 0 Å². The standard InChI is InChI=1S/C20H24N2O3/c1-25-17-9-4-8-16(12-17)22-19(24)13-21-20(14-23)11-5-7-15-6-2-3-10-18(15)20/h2-4,6,8-10,12,21,23H,5,7,11,13-14H2,1H3,(H,22,24). The number of rotatable bonds is 6. The molecule has 0 saturated heterocycles. The first kappa shape index (κ1) is 17.5. The van der Waals surface area contributed by atoms with Crippen LogP contribution >= 0.6 is 0 Å². The van der Waals surface area contributed by atoms with Gasteiger partial charge in [-0.05, 0) is 42.5 Å². The Morgan fingerprint density at radius 1 is 1.24 bits per heavy atom. The molecule has 1 atom stereocenters.